The van der Waals surface area contributed by atoms with Crippen molar-refractivity contribution >= 4 is 5.91 Å². The van der Waals surface area contributed by atoms with E-state index in [0.717, 1.165) is 6.07 Å². The Bertz CT molecular complexity index is 1090. The second-order valence-corrected chi connectivity index (χ2v) is 7.28. The van der Waals surface area contributed by atoms with E-state index in [-0.39, 0.29) is 25.0 Å². The predicted octanol–water partition coefficient (Wildman–Crippen LogP) is 3.52. The summed E-state index contributed by atoms with van der Waals surface area (Å²) in [7, 11) is 1.22. The number of hydrogen-bond acceptors (Lipinski definition) is 5. The average Bonchev–Trinajstić information content (AvgIpc) is 3.50. The molecule has 1 fully saturated rings. The number of ether oxygens (including phenoxy) is 2. The number of benzene rings is 1. The molecular weight excluding hydrogens is 467 g/mol. The average molecular weight is 483 g/mol. The number of H-pyrrole nitrogens is 1. The lowest BCUT2D eigenvalue weighted by atomic mass is 10.1. The molecule has 0 unspecified atom stereocenters. The third-order valence-electron chi connectivity index (χ3n) is 4.94. The minimum Gasteiger partial charge on any atom is -0.403 e. The number of aromatic nitrogens is 2. The molecule has 1 aromatic carbocycles. The van der Waals surface area contributed by atoms with E-state index in [1.165, 1.54) is 7.11 Å². The molecule has 33 heavy (non-hydrogen) atoms. The van der Waals surface area contributed by atoms with Gasteiger partial charge in [0.25, 0.3) is 11.5 Å². The molecule has 2 aromatic rings. The van der Waals surface area contributed by atoms with Crippen LogP contribution in [0.4, 0.5) is 30.7 Å². The van der Waals surface area contributed by atoms with Gasteiger partial charge in [0.1, 0.15) is 16.9 Å². The van der Waals surface area contributed by atoms with Crippen molar-refractivity contribution in [1.29, 1.82) is 0 Å². The molecular formula is C19H16F7N3O4. The van der Waals surface area contributed by atoms with Crippen LogP contribution in [-0.4, -0.2) is 42.1 Å². The first-order valence-corrected chi connectivity index (χ1v) is 9.29. The van der Waals surface area contributed by atoms with Crippen LogP contribution in [0.15, 0.2) is 29.1 Å². The zero-order chi connectivity index (χ0) is 24.6. The number of amides is 1. The van der Waals surface area contributed by atoms with E-state index in [2.05, 4.69) is 15.0 Å². The minimum absolute atomic E-state index is 0.0313. The van der Waals surface area contributed by atoms with Gasteiger partial charge in [-0.25, -0.2) is 9.37 Å². The van der Waals surface area contributed by atoms with E-state index in [1.807, 2.05) is 4.98 Å². The van der Waals surface area contributed by atoms with E-state index < -0.39 is 58.5 Å². The Labute approximate surface area is 180 Å². The molecule has 1 aromatic heterocycles. The van der Waals surface area contributed by atoms with Crippen LogP contribution in [0.5, 0.6) is 5.75 Å². The summed E-state index contributed by atoms with van der Waals surface area (Å²) in [6.45, 7) is -0.285. The number of rotatable bonds is 7. The highest BCUT2D eigenvalue weighted by Crippen LogP contribution is 2.57. The van der Waals surface area contributed by atoms with Gasteiger partial charge in [0.05, 0.1) is 12.6 Å². The van der Waals surface area contributed by atoms with Gasteiger partial charge >= 0.3 is 12.5 Å². The molecule has 1 aliphatic rings. The highest BCUT2D eigenvalue weighted by Gasteiger charge is 2.66. The SMILES string of the molecule is COC[C@@H](NC(=O)c1cc(=O)[nH]c(C2(C(F)(F)F)CC2)n1)c1ccc(OC(F)(F)F)c(F)c1. The van der Waals surface area contributed by atoms with Crippen LogP contribution in [-0.2, 0) is 10.2 Å². The summed E-state index contributed by atoms with van der Waals surface area (Å²) in [5, 5.41) is 2.32. The summed E-state index contributed by atoms with van der Waals surface area (Å²) in [5.41, 5.74) is -3.98. The summed E-state index contributed by atoms with van der Waals surface area (Å²) in [5.74, 6) is -4.25. The van der Waals surface area contributed by atoms with Crippen LogP contribution in [0.2, 0.25) is 0 Å². The molecule has 1 amide bonds. The first-order valence-electron chi connectivity index (χ1n) is 9.29. The van der Waals surface area contributed by atoms with Crippen LogP contribution >= 0.6 is 0 Å². The fourth-order valence-electron chi connectivity index (χ4n) is 3.14. The molecule has 3 rings (SSSR count). The number of hydrogen-bond donors (Lipinski definition) is 2. The second-order valence-electron chi connectivity index (χ2n) is 7.28. The van der Waals surface area contributed by atoms with Crippen molar-refractivity contribution in [1.82, 2.24) is 15.3 Å². The lowest BCUT2D eigenvalue weighted by Crippen LogP contribution is -2.36. The van der Waals surface area contributed by atoms with E-state index in [4.69, 9.17) is 4.74 Å². The van der Waals surface area contributed by atoms with Gasteiger partial charge in [-0.2, -0.15) is 13.2 Å². The Morgan fingerprint density at radius 1 is 1.21 bits per heavy atom. The second kappa shape index (κ2) is 8.65. The third-order valence-corrected chi connectivity index (χ3v) is 4.94. The zero-order valence-corrected chi connectivity index (χ0v) is 16.7. The van der Waals surface area contributed by atoms with Gasteiger partial charge in [-0.05, 0) is 30.5 Å². The lowest BCUT2D eigenvalue weighted by molar-refractivity contribution is -0.275. The molecule has 1 heterocycles. The molecule has 2 N–H and O–H groups in total. The quantitative estimate of drug-likeness (QED) is 0.588. The number of alkyl halides is 6. The fourth-order valence-corrected chi connectivity index (χ4v) is 3.14. The largest absolute Gasteiger partial charge is 0.573 e. The summed E-state index contributed by atoms with van der Waals surface area (Å²) in [6, 6.07) is 1.95. The van der Waals surface area contributed by atoms with Crippen molar-refractivity contribution < 1.29 is 45.0 Å². The Hall–Kier alpha value is -3.16. The molecule has 0 radical (unpaired) electrons. The number of carbonyl (C=O) groups excluding carboxylic acids is 1. The van der Waals surface area contributed by atoms with Gasteiger partial charge in [-0.15, -0.1) is 13.2 Å². The number of halogens is 7. The Morgan fingerprint density at radius 2 is 1.88 bits per heavy atom. The molecule has 180 valence electrons. The van der Waals surface area contributed by atoms with Crippen LogP contribution in [0.3, 0.4) is 0 Å². The summed E-state index contributed by atoms with van der Waals surface area (Å²) >= 11 is 0. The molecule has 1 aliphatic carbocycles. The normalized spacial score (nSPS) is 16.2. The van der Waals surface area contributed by atoms with Gasteiger partial charge in [0.15, 0.2) is 11.6 Å². The van der Waals surface area contributed by atoms with E-state index in [1.54, 1.807) is 0 Å². The van der Waals surface area contributed by atoms with E-state index in [0.29, 0.717) is 18.2 Å². The van der Waals surface area contributed by atoms with Gasteiger partial charge in [0, 0.05) is 13.2 Å². The van der Waals surface area contributed by atoms with E-state index >= 15 is 0 Å². The number of nitrogens with zero attached hydrogens (tertiary/aromatic N) is 1. The Balaban J connectivity index is 1.86. The summed E-state index contributed by atoms with van der Waals surface area (Å²) in [6.07, 6.45) is -10.4. The zero-order valence-electron chi connectivity index (χ0n) is 16.7. The topological polar surface area (TPSA) is 93.3 Å². The first-order chi connectivity index (χ1) is 15.3. The van der Waals surface area contributed by atoms with Crippen molar-refractivity contribution in [3.05, 3.63) is 57.5 Å². The van der Waals surface area contributed by atoms with Crippen molar-refractivity contribution in [3.63, 3.8) is 0 Å². The van der Waals surface area contributed by atoms with E-state index in [9.17, 15) is 40.3 Å². The molecule has 14 heteroatoms. The Kier molecular flexibility index (Phi) is 6.42. The van der Waals surface area contributed by atoms with Gasteiger partial charge in [0.2, 0.25) is 0 Å². The number of aromatic amines is 1. The number of nitrogens with one attached hydrogen (secondary N) is 2. The van der Waals surface area contributed by atoms with Crippen LogP contribution in [0.1, 0.15) is 40.8 Å². The smallest absolute Gasteiger partial charge is 0.403 e. The minimum atomic E-state index is -5.12. The van der Waals surface area contributed by atoms with Crippen LogP contribution < -0.4 is 15.6 Å². The summed E-state index contributed by atoms with van der Waals surface area (Å²) in [4.78, 5) is 30.2. The molecule has 1 saturated carbocycles. The van der Waals surface area contributed by atoms with Crippen molar-refractivity contribution in [2.45, 2.75) is 36.8 Å². The summed E-state index contributed by atoms with van der Waals surface area (Å²) < 4.78 is 99.5. The number of methoxy groups -OCH3 is 1. The molecule has 0 saturated heterocycles. The highest BCUT2D eigenvalue weighted by atomic mass is 19.4. The molecule has 0 aliphatic heterocycles. The molecule has 1 atom stereocenters. The predicted molar refractivity (Wildman–Crippen MR) is 97.0 cm³/mol. The van der Waals surface area contributed by atoms with Gasteiger partial charge in [-0.1, -0.05) is 6.07 Å². The molecule has 7 nitrogen and oxygen atoms in total. The number of carbonyl (C=O) groups is 1. The monoisotopic (exact) mass is 483 g/mol. The van der Waals surface area contributed by atoms with Gasteiger partial charge in [-0.3, -0.25) is 9.59 Å². The van der Waals surface area contributed by atoms with Crippen LogP contribution in [0, 0.1) is 5.82 Å². The fraction of sp³-hybridized carbons (Fsp3) is 0.421. The molecule has 0 bridgehead atoms. The Morgan fingerprint density at radius 3 is 2.39 bits per heavy atom. The van der Waals surface area contributed by atoms with Crippen LogP contribution in [0.25, 0.3) is 0 Å². The third kappa shape index (κ3) is 5.43. The lowest BCUT2D eigenvalue weighted by Gasteiger charge is -2.20. The van der Waals surface area contributed by atoms with Crippen molar-refractivity contribution in [3.8, 4) is 5.75 Å². The van der Waals surface area contributed by atoms with Crippen molar-refractivity contribution in [2.75, 3.05) is 13.7 Å². The molecule has 0 spiro atoms. The van der Waals surface area contributed by atoms with Crippen molar-refractivity contribution in [2.24, 2.45) is 0 Å². The van der Waals surface area contributed by atoms with Gasteiger partial charge < -0.3 is 19.8 Å². The maximum atomic E-state index is 14.1. The highest BCUT2D eigenvalue weighted by molar-refractivity contribution is 5.92. The standard InChI is InChI=1S/C19H16F7N3O4/c1-32-8-12(9-2-3-13(10(20)6-9)33-19(24,25)26)27-15(31)11-7-14(30)29-16(28-11)17(4-5-17)18(21,22)23/h2-3,6-7,12H,4-5,8H2,1H3,(H,27,31)(H,28,29,30)/t12-/m1/s1. The maximum absolute atomic E-state index is 14.1. The first kappa shape index (κ1) is 24.5. The maximum Gasteiger partial charge on any atom is 0.573 e.